The number of aromatic nitrogens is 3. The third-order valence-corrected chi connectivity index (χ3v) is 4.77. The van der Waals surface area contributed by atoms with Crippen LogP contribution in [0.25, 0.3) is 0 Å². The first-order valence-corrected chi connectivity index (χ1v) is 8.71. The molecule has 1 unspecified atom stereocenters. The Morgan fingerprint density at radius 3 is 2.63 bits per heavy atom. The van der Waals surface area contributed by atoms with Gasteiger partial charge in [-0.1, -0.05) is 25.7 Å². The van der Waals surface area contributed by atoms with Crippen molar-refractivity contribution < 1.29 is 18.0 Å². The molecule has 1 aliphatic carbocycles. The van der Waals surface area contributed by atoms with Crippen LogP contribution in [-0.4, -0.2) is 20.4 Å². The van der Waals surface area contributed by atoms with Gasteiger partial charge in [0.25, 0.3) is 5.56 Å². The van der Waals surface area contributed by atoms with Crippen molar-refractivity contribution in [3.63, 3.8) is 0 Å². The molecular formula is C18H19F3N4O2. The summed E-state index contributed by atoms with van der Waals surface area (Å²) >= 11 is 0. The van der Waals surface area contributed by atoms with Crippen molar-refractivity contribution >= 4 is 11.7 Å². The van der Waals surface area contributed by atoms with Crippen LogP contribution >= 0.6 is 0 Å². The molecule has 1 fully saturated rings. The van der Waals surface area contributed by atoms with E-state index in [2.05, 4.69) is 15.3 Å². The average Bonchev–Trinajstić information content (AvgIpc) is 3.13. The summed E-state index contributed by atoms with van der Waals surface area (Å²) in [4.78, 5) is 32.7. The molecule has 1 N–H and O–H groups in total. The Morgan fingerprint density at radius 1 is 1.26 bits per heavy atom. The summed E-state index contributed by atoms with van der Waals surface area (Å²) < 4.78 is 40.1. The maximum Gasteiger partial charge on any atom is 0.417 e. The largest absolute Gasteiger partial charge is 0.417 e. The molecule has 1 atom stereocenters. The molecule has 9 heteroatoms. The van der Waals surface area contributed by atoms with Crippen molar-refractivity contribution in [1.29, 1.82) is 0 Å². The summed E-state index contributed by atoms with van der Waals surface area (Å²) in [5.41, 5.74) is -1.61. The maximum atomic E-state index is 13.1. The number of nitrogens with one attached hydrogen (secondary N) is 1. The first-order chi connectivity index (χ1) is 12.8. The van der Waals surface area contributed by atoms with E-state index in [1.807, 2.05) is 0 Å². The number of nitrogens with zero attached hydrogens (tertiary/aromatic N) is 3. The van der Waals surface area contributed by atoms with E-state index < -0.39 is 29.2 Å². The van der Waals surface area contributed by atoms with Gasteiger partial charge in [-0.15, -0.1) is 0 Å². The van der Waals surface area contributed by atoms with Crippen molar-refractivity contribution in [2.24, 2.45) is 5.92 Å². The lowest BCUT2D eigenvalue weighted by Crippen LogP contribution is -2.35. The van der Waals surface area contributed by atoms with Gasteiger partial charge in [0, 0.05) is 18.5 Å². The Kier molecular flexibility index (Phi) is 5.57. The fraction of sp³-hybridized carbons (Fsp3) is 0.444. The highest BCUT2D eigenvalue weighted by molar-refractivity contribution is 5.92. The minimum absolute atomic E-state index is 0.188. The summed E-state index contributed by atoms with van der Waals surface area (Å²) in [6.45, 7) is 0. The summed E-state index contributed by atoms with van der Waals surface area (Å²) in [6, 6.07) is 2.01. The normalized spacial score (nSPS) is 16.3. The molecule has 144 valence electrons. The van der Waals surface area contributed by atoms with Gasteiger partial charge in [0.05, 0.1) is 5.56 Å². The number of hydrogen-bond acceptors (Lipinski definition) is 4. The second-order valence-electron chi connectivity index (χ2n) is 6.65. The molecule has 3 rings (SSSR count). The molecule has 6 nitrogen and oxygen atoms in total. The molecule has 0 bridgehead atoms. The smallest absolute Gasteiger partial charge is 0.309 e. The van der Waals surface area contributed by atoms with Gasteiger partial charge in [-0.3, -0.25) is 9.59 Å². The Labute approximate surface area is 153 Å². The first kappa shape index (κ1) is 19.1. The first-order valence-electron chi connectivity index (χ1n) is 8.71. The number of rotatable bonds is 5. The lowest BCUT2D eigenvalue weighted by Gasteiger charge is -2.23. The minimum atomic E-state index is -4.60. The number of alkyl halides is 3. The van der Waals surface area contributed by atoms with E-state index in [1.165, 1.54) is 18.6 Å². The zero-order valence-electron chi connectivity index (χ0n) is 14.4. The molecule has 0 saturated heterocycles. The van der Waals surface area contributed by atoms with E-state index in [0.29, 0.717) is 6.42 Å². The van der Waals surface area contributed by atoms with Crippen molar-refractivity contribution in [3.05, 3.63) is 52.8 Å². The maximum absolute atomic E-state index is 13.1. The van der Waals surface area contributed by atoms with Crippen molar-refractivity contribution in [1.82, 2.24) is 14.5 Å². The fourth-order valence-electron chi connectivity index (χ4n) is 3.40. The highest BCUT2D eigenvalue weighted by Gasteiger charge is 2.33. The van der Waals surface area contributed by atoms with Crippen molar-refractivity contribution in [3.8, 4) is 0 Å². The Balaban J connectivity index is 1.94. The van der Waals surface area contributed by atoms with Gasteiger partial charge in [0.15, 0.2) is 0 Å². The number of pyridine rings is 1. The van der Waals surface area contributed by atoms with Crippen LogP contribution in [0.1, 0.15) is 43.7 Å². The van der Waals surface area contributed by atoms with Gasteiger partial charge >= 0.3 is 6.18 Å². The monoisotopic (exact) mass is 380 g/mol. The van der Waals surface area contributed by atoms with Crippen LogP contribution in [0.3, 0.4) is 0 Å². The standard InChI is InChI=1S/C18H19F3N4O2/c19-18(20,21)13-5-6-16(26)25(10-13)14(9-12-3-1-2-4-12)17(27)24-15-7-8-22-11-23-15/h5-8,10-12,14H,1-4,9H2,(H,22,23,24,27). The summed E-state index contributed by atoms with van der Waals surface area (Å²) in [5, 5.41) is 2.57. The third-order valence-electron chi connectivity index (χ3n) is 4.77. The number of amides is 1. The van der Waals surface area contributed by atoms with Gasteiger partial charge in [-0.2, -0.15) is 13.2 Å². The van der Waals surface area contributed by atoms with Crippen LogP contribution < -0.4 is 10.9 Å². The SMILES string of the molecule is O=C(Nc1ccncn1)C(CC1CCCC1)n1cc(C(F)(F)F)ccc1=O. The molecule has 1 amide bonds. The summed E-state index contributed by atoms with van der Waals surface area (Å²) in [6.07, 6.45) is 2.93. The van der Waals surface area contributed by atoms with Gasteiger partial charge in [0.2, 0.25) is 5.91 Å². The zero-order valence-corrected chi connectivity index (χ0v) is 14.4. The van der Waals surface area contributed by atoms with E-state index in [1.54, 1.807) is 0 Å². The number of hydrogen-bond donors (Lipinski definition) is 1. The molecule has 27 heavy (non-hydrogen) atoms. The molecule has 1 saturated carbocycles. The van der Waals surface area contributed by atoms with Crippen LogP contribution in [0.5, 0.6) is 0 Å². The van der Waals surface area contributed by atoms with Gasteiger partial charge in [0.1, 0.15) is 18.2 Å². The Morgan fingerprint density at radius 2 is 2.00 bits per heavy atom. The van der Waals surface area contributed by atoms with Crippen molar-refractivity contribution in [2.45, 2.75) is 44.3 Å². The zero-order chi connectivity index (χ0) is 19.4. The molecule has 0 aromatic carbocycles. The van der Waals surface area contributed by atoms with E-state index in [-0.39, 0.29) is 11.7 Å². The molecule has 0 radical (unpaired) electrons. The van der Waals surface area contributed by atoms with E-state index in [9.17, 15) is 22.8 Å². The summed E-state index contributed by atoms with van der Waals surface area (Å²) in [7, 11) is 0. The number of anilines is 1. The molecule has 0 aliphatic heterocycles. The van der Waals surface area contributed by atoms with Crippen LogP contribution in [0.4, 0.5) is 19.0 Å². The third kappa shape index (κ3) is 4.72. The number of carbonyl (C=O) groups is 1. The molecule has 0 spiro atoms. The molecule has 2 heterocycles. The Bertz CT molecular complexity index is 846. The predicted molar refractivity (Wildman–Crippen MR) is 92.0 cm³/mol. The summed E-state index contributed by atoms with van der Waals surface area (Å²) in [5.74, 6) is -0.152. The highest BCUT2D eigenvalue weighted by Crippen LogP contribution is 2.33. The highest BCUT2D eigenvalue weighted by atomic mass is 19.4. The van der Waals surface area contributed by atoms with E-state index in [0.717, 1.165) is 48.6 Å². The fourth-order valence-corrected chi connectivity index (χ4v) is 3.40. The van der Waals surface area contributed by atoms with Gasteiger partial charge in [-0.05, 0) is 24.5 Å². The Hall–Kier alpha value is -2.71. The predicted octanol–water partition coefficient (Wildman–Crippen LogP) is 3.42. The topological polar surface area (TPSA) is 76.9 Å². The molecule has 1 aliphatic rings. The van der Waals surface area contributed by atoms with Crippen LogP contribution in [-0.2, 0) is 11.0 Å². The second kappa shape index (κ2) is 7.89. The lowest BCUT2D eigenvalue weighted by molar-refractivity contribution is -0.138. The van der Waals surface area contributed by atoms with Crippen molar-refractivity contribution in [2.75, 3.05) is 5.32 Å². The van der Waals surface area contributed by atoms with E-state index >= 15 is 0 Å². The molecular weight excluding hydrogens is 361 g/mol. The number of carbonyl (C=O) groups excluding carboxylic acids is 1. The quantitative estimate of drug-likeness (QED) is 0.862. The molecule has 2 aromatic heterocycles. The van der Waals surface area contributed by atoms with Crippen LogP contribution in [0.2, 0.25) is 0 Å². The average molecular weight is 380 g/mol. The van der Waals surface area contributed by atoms with Crippen LogP contribution in [0.15, 0.2) is 41.7 Å². The minimum Gasteiger partial charge on any atom is -0.309 e. The molecule has 2 aromatic rings. The lowest BCUT2D eigenvalue weighted by atomic mass is 9.97. The van der Waals surface area contributed by atoms with Crippen LogP contribution in [0, 0.1) is 5.92 Å². The van der Waals surface area contributed by atoms with Gasteiger partial charge < -0.3 is 9.88 Å². The number of halogens is 3. The van der Waals surface area contributed by atoms with Gasteiger partial charge in [-0.25, -0.2) is 9.97 Å². The van der Waals surface area contributed by atoms with E-state index in [4.69, 9.17) is 0 Å². The second-order valence-corrected chi connectivity index (χ2v) is 6.65.